The number of hydrogen-bond acceptors (Lipinski definition) is 5. The molecular formula is C24H24N4O4. The van der Waals surface area contributed by atoms with E-state index < -0.39 is 0 Å². The number of fused-ring (bicyclic) bond motifs is 1. The van der Waals surface area contributed by atoms with Gasteiger partial charge in [-0.2, -0.15) is 5.10 Å². The summed E-state index contributed by atoms with van der Waals surface area (Å²) in [4.78, 5) is 27.0. The van der Waals surface area contributed by atoms with Crippen molar-refractivity contribution < 1.29 is 19.1 Å². The van der Waals surface area contributed by atoms with E-state index in [2.05, 4.69) is 10.4 Å². The Labute approximate surface area is 185 Å². The van der Waals surface area contributed by atoms with Crippen LogP contribution in [0.4, 0.5) is 11.4 Å². The van der Waals surface area contributed by atoms with Gasteiger partial charge in [-0.25, -0.2) is 0 Å². The SMILES string of the molecule is Cn1cc(C(=O)Nc2cccc(N3CCCC3=O)c2)c(-c2ccc3c(c2)OCCCO3)n1. The highest BCUT2D eigenvalue weighted by Crippen LogP contribution is 2.35. The van der Waals surface area contributed by atoms with Gasteiger partial charge in [-0.1, -0.05) is 6.07 Å². The van der Waals surface area contributed by atoms with Gasteiger partial charge in [0.25, 0.3) is 5.91 Å². The minimum atomic E-state index is -0.273. The second-order valence-electron chi connectivity index (χ2n) is 7.93. The van der Waals surface area contributed by atoms with Crippen molar-refractivity contribution in [3.63, 3.8) is 0 Å². The highest BCUT2D eigenvalue weighted by molar-refractivity contribution is 6.08. The van der Waals surface area contributed by atoms with E-state index in [1.165, 1.54) is 0 Å². The summed E-state index contributed by atoms with van der Waals surface area (Å²) < 4.78 is 13.1. The molecule has 8 nitrogen and oxygen atoms in total. The Bertz CT molecular complexity index is 1190. The number of carbonyl (C=O) groups excluding carboxylic acids is 2. The number of nitrogens with one attached hydrogen (secondary N) is 1. The van der Waals surface area contributed by atoms with Gasteiger partial charge in [0.2, 0.25) is 5.91 Å². The van der Waals surface area contributed by atoms with Gasteiger partial charge < -0.3 is 19.7 Å². The van der Waals surface area contributed by atoms with Crippen LogP contribution in [0.15, 0.2) is 48.7 Å². The Hall–Kier alpha value is -3.81. The molecule has 0 bridgehead atoms. The van der Waals surface area contributed by atoms with Crippen LogP contribution in [0.2, 0.25) is 0 Å². The molecule has 3 aromatic rings. The number of rotatable bonds is 4. The lowest BCUT2D eigenvalue weighted by atomic mass is 10.1. The van der Waals surface area contributed by atoms with E-state index in [4.69, 9.17) is 9.47 Å². The molecular weight excluding hydrogens is 408 g/mol. The molecule has 2 amide bonds. The number of ether oxygens (including phenoxy) is 2. The van der Waals surface area contributed by atoms with Crippen LogP contribution in [0.3, 0.4) is 0 Å². The second-order valence-corrected chi connectivity index (χ2v) is 7.93. The number of hydrogen-bond donors (Lipinski definition) is 1. The smallest absolute Gasteiger partial charge is 0.259 e. The first kappa shape index (κ1) is 20.1. The van der Waals surface area contributed by atoms with Gasteiger partial charge >= 0.3 is 0 Å². The molecule has 3 heterocycles. The summed E-state index contributed by atoms with van der Waals surface area (Å²) in [6, 6.07) is 12.9. The topological polar surface area (TPSA) is 85.7 Å². The van der Waals surface area contributed by atoms with Crippen LogP contribution in [-0.4, -0.2) is 41.4 Å². The van der Waals surface area contributed by atoms with Crippen LogP contribution in [0.1, 0.15) is 29.6 Å². The van der Waals surface area contributed by atoms with Crippen LogP contribution in [0.5, 0.6) is 11.5 Å². The molecule has 1 saturated heterocycles. The Balaban J connectivity index is 1.41. The van der Waals surface area contributed by atoms with Gasteiger partial charge in [0.15, 0.2) is 11.5 Å². The maximum absolute atomic E-state index is 13.2. The first-order valence-corrected chi connectivity index (χ1v) is 10.7. The maximum atomic E-state index is 13.2. The third-order valence-electron chi connectivity index (χ3n) is 5.58. The van der Waals surface area contributed by atoms with Crippen molar-refractivity contribution >= 4 is 23.2 Å². The molecule has 2 aliphatic heterocycles. The van der Waals surface area contributed by atoms with E-state index in [1.807, 2.05) is 42.5 Å². The minimum absolute atomic E-state index is 0.109. The number of benzene rings is 2. The van der Waals surface area contributed by atoms with E-state index in [0.717, 1.165) is 24.1 Å². The fraction of sp³-hybridized carbons (Fsp3) is 0.292. The summed E-state index contributed by atoms with van der Waals surface area (Å²) in [6.07, 6.45) is 3.93. The Morgan fingerprint density at radius 2 is 1.91 bits per heavy atom. The van der Waals surface area contributed by atoms with E-state index >= 15 is 0 Å². The van der Waals surface area contributed by atoms with Crippen LogP contribution in [0.25, 0.3) is 11.3 Å². The van der Waals surface area contributed by atoms with Crippen LogP contribution in [0, 0.1) is 0 Å². The number of aryl methyl sites for hydroxylation is 1. The Morgan fingerprint density at radius 1 is 1.06 bits per heavy atom. The predicted octanol–water partition coefficient (Wildman–Crippen LogP) is 3.63. The summed E-state index contributed by atoms with van der Waals surface area (Å²) in [5.41, 5.74) is 3.20. The van der Waals surface area contributed by atoms with E-state index in [-0.39, 0.29) is 11.8 Å². The first-order chi connectivity index (χ1) is 15.6. The molecule has 2 aliphatic rings. The molecule has 1 fully saturated rings. The van der Waals surface area contributed by atoms with Crippen LogP contribution < -0.4 is 19.7 Å². The molecule has 0 spiro atoms. The van der Waals surface area contributed by atoms with E-state index in [9.17, 15) is 9.59 Å². The highest BCUT2D eigenvalue weighted by atomic mass is 16.5. The average molecular weight is 432 g/mol. The van der Waals surface area contributed by atoms with Gasteiger partial charge in [-0.05, 0) is 42.8 Å². The predicted molar refractivity (Wildman–Crippen MR) is 120 cm³/mol. The lowest BCUT2D eigenvalue weighted by Crippen LogP contribution is -2.23. The molecule has 164 valence electrons. The minimum Gasteiger partial charge on any atom is -0.490 e. The zero-order valence-electron chi connectivity index (χ0n) is 17.8. The molecule has 0 unspecified atom stereocenters. The van der Waals surface area contributed by atoms with Crippen molar-refractivity contribution in [2.45, 2.75) is 19.3 Å². The number of carbonyl (C=O) groups is 2. The van der Waals surface area contributed by atoms with Gasteiger partial charge in [0.1, 0.15) is 5.69 Å². The molecule has 0 aliphatic carbocycles. The quantitative estimate of drug-likeness (QED) is 0.681. The molecule has 2 aromatic carbocycles. The third-order valence-corrected chi connectivity index (χ3v) is 5.58. The van der Waals surface area contributed by atoms with Crippen molar-refractivity contribution in [2.24, 2.45) is 7.05 Å². The molecule has 32 heavy (non-hydrogen) atoms. The maximum Gasteiger partial charge on any atom is 0.259 e. The lowest BCUT2D eigenvalue weighted by molar-refractivity contribution is -0.117. The molecule has 0 atom stereocenters. The molecule has 0 saturated carbocycles. The van der Waals surface area contributed by atoms with Gasteiger partial charge in [-0.15, -0.1) is 0 Å². The summed E-state index contributed by atoms with van der Waals surface area (Å²) in [6.45, 7) is 1.90. The van der Waals surface area contributed by atoms with Crippen LogP contribution in [-0.2, 0) is 11.8 Å². The fourth-order valence-electron chi connectivity index (χ4n) is 4.05. The second kappa shape index (κ2) is 8.37. The first-order valence-electron chi connectivity index (χ1n) is 10.7. The zero-order chi connectivity index (χ0) is 22.1. The lowest BCUT2D eigenvalue weighted by Gasteiger charge is -2.16. The van der Waals surface area contributed by atoms with Crippen molar-refractivity contribution in [3.8, 4) is 22.8 Å². The Morgan fingerprint density at radius 3 is 2.72 bits per heavy atom. The van der Waals surface area contributed by atoms with Crippen molar-refractivity contribution in [1.29, 1.82) is 0 Å². The van der Waals surface area contributed by atoms with Crippen molar-refractivity contribution in [1.82, 2.24) is 9.78 Å². The number of anilines is 2. The van der Waals surface area contributed by atoms with Gasteiger partial charge in [0, 0.05) is 49.6 Å². The average Bonchev–Trinajstić information content (AvgIpc) is 3.31. The van der Waals surface area contributed by atoms with Gasteiger partial charge in [0.05, 0.1) is 18.8 Å². The molecule has 8 heteroatoms. The number of amides is 2. The summed E-state index contributed by atoms with van der Waals surface area (Å²) in [7, 11) is 1.78. The molecule has 5 rings (SSSR count). The highest BCUT2D eigenvalue weighted by Gasteiger charge is 2.23. The Kier molecular flexibility index (Phi) is 5.26. The van der Waals surface area contributed by atoms with Crippen LogP contribution >= 0.6 is 0 Å². The van der Waals surface area contributed by atoms with Crippen molar-refractivity contribution in [2.75, 3.05) is 30.0 Å². The fourth-order valence-corrected chi connectivity index (χ4v) is 4.05. The zero-order valence-corrected chi connectivity index (χ0v) is 17.8. The van der Waals surface area contributed by atoms with Gasteiger partial charge in [-0.3, -0.25) is 14.3 Å². The molecule has 1 N–H and O–H groups in total. The standard InChI is InChI=1S/C24H24N4O4/c1-27-15-19(23(26-27)16-8-9-20-21(13-16)32-12-4-11-31-20)24(30)25-17-5-2-6-18(14-17)28-10-3-7-22(28)29/h2,5-6,8-9,13-15H,3-4,7,10-12H2,1H3,(H,25,30). The summed E-state index contributed by atoms with van der Waals surface area (Å²) in [5.74, 6) is 1.18. The monoisotopic (exact) mass is 432 g/mol. The summed E-state index contributed by atoms with van der Waals surface area (Å²) in [5, 5.41) is 7.46. The normalized spacial score (nSPS) is 15.5. The summed E-state index contributed by atoms with van der Waals surface area (Å²) >= 11 is 0. The van der Waals surface area contributed by atoms with E-state index in [0.29, 0.717) is 54.6 Å². The number of aromatic nitrogens is 2. The number of nitrogens with zero attached hydrogens (tertiary/aromatic N) is 3. The molecule has 0 radical (unpaired) electrons. The molecule has 1 aromatic heterocycles. The third kappa shape index (κ3) is 3.91. The van der Waals surface area contributed by atoms with E-state index in [1.54, 1.807) is 22.8 Å². The van der Waals surface area contributed by atoms with Crippen molar-refractivity contribution in [3.05, 3.63) is 54.2 Å². The largest absolute Gasteiger partial charge is 0.490 e.